The monoisotopic (exact) mass is 443 g/mol. The highest BCUT2D eigenvalue weighted by Gasteiger charge is 2.39. The third-order valence-corrected chi connectivity index (χ3v) is 5.48. The molecule has 0 saturated carbocycles. The molecule has 2 aromatic rings. The van der Waals surface area contributed by atoms with Gasteiger partial charge in [-0.1, -0.05) is 6.07 Å². The zero-order valence-electron chi connectivity index (χ0n) is 17.9. The second-order valence-electron chi connectivity index (χ2n) is 7.58. The van der Waals surface area contributed by atoms with Crippen LogP contribution < -0.4 is 0 Å². The summed E-state index contributed by atoms with van der Waals surface area (Å²) in [6.07, 6.45) is 5.93. The predicted molar refractivity (Wildman–Crippen MR) is 116 cm³/mol. The number of nitriles is 1. The minimum Gasteiger partial charge on any atom is -0.483 e. The highest BCUT2D eigenvalue weighted by molar-refractivity contribution is 5.33. The van der Waals surface area contributed by atoms with Gasteiger partial charge in [0, 0.05) is 51.7 Å². The molecule has 0 amide bonds. The number of aromatic nitrogens is 2. The summed E-state index contributed by atoms with van der Waals surface area (Å²) >= 11 is 0. The molecule has 3 N–H and O–H groups in total. The summed E-state index contributed by atoms with van der Waals surface area (Å²) in [5, 5.41) is 22.7. The minimum absolute atomic E-state index is 0.0206. The summed E-state index contributed by atoms with van der Waals surface area (Å²) in [6, 6.07) is 10.2. The van der Waals surface area contributed by atoms with Crippen LogP contribution in [0.25, 0.3) is 0 Å². The lowest BCUT2D eigenvalue weighted by Crippen LogP contribution is -2.56. The van der Waals surface area contributed by atoms with Crippen LogP contribution in [0.3, 0.4) is 0 Å². The van der Waals surface area contributed by atoms with Gasteiger partial charge < -0.3 is 19.9 Å². The van der Waals surface area contributed by atoms with E-state index in [0.717, 1.165) is 64.4 Å². The Bertz CT molecular complexity index is 853. The minimum atomic E-state index is -0.250. The van der Waals surface area contributed by atoms with Crippen molar-refractivity contribution in [3.8, 4) is 6.07 Å². The van der Waals surface area contributed by atoms with E-state index in [1.165, 1.54) is 5.56 Å². The molecule has 0 aromatic carbocycles. The molecule has 2 aliphatic heterocycles. The summed E-state index contributed by atoms with van der Waals surface area (Å²) in [6.45, 7) is 6.10. The third-order valence-electron chi connectivity index (χ3n) is 5.48. The summed E-state index contributed by atoms with van der Waals surface area (Å²) in [5.41, 5.74) is 2.92. The van der Waals surface area contributed by atoms with Crippen LogP contribution in [0.1, 0.15) is 29.8 Å². The van der Waals surface area contributed by atoms with Gasteiger partial charge in [0.15, 0.2) is 0 Å². The number of carbonyl (C=O) groups is 2. The van der Waals surface area contributed by atoms with Gasteiger partial charge in [-0.3, -0.25) is 24.4 Å². The molecule has 0 bridgehead atoms. The van der Waals surface area contributed by atoms with E-state index in [0.29, 0.717) is 5.69 Å². The number of nitrogens with zero attached hydrogens (tertiary/aromatic N) is 4. The van der Waals surface area contributed by atoms with Gasteiger partial charge in [0.05, 0.1) is 17.9 Å². The predicted octanol–water partition coefficient (Wildman–Crippen LogP) is 1.55. The Balaban J connectivity index is 0.000000547. The Labute approximate surface area is 187 Å². The first-order valence-electron chi connectivity index (χ1n) is 10.3. The smallest absolute Gasteiger partial charge is 0.290 e. The molecule has 0 aliphatic carbocycles. The number of hydrogen-bond donors (Lipinski definition) is 3. The largest absolute Gasteiger partial charge is 0.483 e. The van der Waals surface area contributed by atoms with Crippen molar-refractivity contribution in [3.05, 3.63) is 53.6 Å². The van der Waals surface area contributed by atoms with Crippen LogP contribution in [0.5, 0.6) is 0 Å². The van der Waals surface area contributed by atoms with E-state index in [-0.39, 0.29) is 18.5 Å². The van der Waals surface area contributed by atoms with Gasteiger partial charge in [0.25, 0.3) is 12.9 Å². The van der Waals surface area contributed by atoms with E-state index >= 15 is 0 Å². The number of rotatable bonds is 4. The van der Waals surface area contributed by atoms with Crippen molar-refractivity contribution in [1.82, 2.24) is 19.8 Å². The number of aromatic amines is 1. The standard InChI is InChI=1S/C20H25N5O.2CH2O2/c21-12-19-11-17(13-23-19)14-25-9-10-26-20(16-25)4-7-24(8-5-20)15-18-3-1-2-6-22-18;2*2-1-3/h1-3,6,11,13,23H,4-5,7-10,14-16H2;2*1H,(H,2,3). The van der Waals surface area contributed by atoms with E-state index in [1.807, 2.05) is 24.5 Å². The molecular weight excluding hydrogens is 414 g/mol. The van der Waals surface area contributed by atoms with Crippen molar-refractivity contribution in [2.24, 2.45) is 0 Å². The van der Waals surface area contributed by atoms with Crippen molar-refractivity contribution < 1.29 is 24.5 Å². The Morgan fingerprint density at radius 2 is 1.88 bits per heavy atom. The highest BCUT2D eigenvalue weighted by Crippen LogP contribution is 2.31. The number of piperidine rings is 1. The molecule has 2 aliphatic rings. The molecule has 32 heavy (non-hydrogen) atoms. The van der Waals surface area contributed by atoms with Gasteiger partial charge >= 0.3 is 0 Å². The number of pyridine rings is 1. The van der Waals surface area contributed by atoms with Crippen molar-refractivity contribution in [3.63, 3.8) is 0 Å². The lowest BCUT2D eigenvalue weighted by atomic mass is 9.89. The molecule has 4 heterocycles. The van der Waals surface area contributed by atoms with Crippen LogP contribution in [0.15, 0.2) is 36.7 Å². The molecule has 10 heteroatoms. The second-order valence-corrected chi connectivity index (χ2v) is 7.58. The summed E-state index contributed by atoms with van der Waals surface area (Å²) in [4.78, 5) is 29.1. The first-order chi connectivity index (χ1) is 15.6. The molecule has 0 radical (unpaired) electrons. The highest BCUT2D eigenvalue weighted by atomic mass is 16.5. The molecule has 10 nitrogen and oxygen atoms in total. The van der Waals surface area contributed by atoms with Gasteiger partial charge in [-0.15, -0.1) is 0 Å². The first-order valence-corrected chi connectivity index (χ1v) is 10.3. The van der Waals surface area contributed by atoms with Crippen LogP contribution in [0, 0.1) is 11.3 Å². The van der Waals surface area contributed by atoms with Crippen LogP contribution in [-0.2, 0) is 27.4 Å². The summed E-state index contributed by atoms with van der Waals surface area (Å²) in [7, 11) is 0. The Hall–Kier alpha value is -3.26. The quantitative estimate of drug-likeness (QED) is 0.600. The summed E-state index contributed by atoms with van der Waals surface area (Å²) in [5.74, 6) is 0. The maximum Gasteiger partial charge on any atom is 0.290 e. The van der Waals surface area contributed by atoms with E-state index in [4.69, 9.17) is 29.8 Å². The Morgan fingerprint density at radius 1 is 1.16 bits per heavy atom. The first kappa shape index (κ1) is 25.0. The molecule has 1 spiro atoms. The number of H-pyrrole nitrogens is 1. The fraction of sp³-hybridized carbons (Fsp3) is 0.455. The van der Waals surface area contributed by atoms with Crippen molar-refractivity contribution in [2.75, 3.05) is 32.8 Å². The van der Waals surface area contributed by atoms with Crippen molar-refractivity contribution in [2.45, 2.75) is 31.5 Å². The number of hydrogen-bond acceptors (Lipinski definition) is 7. The Morgan fingerprint density at radius 3 is 2.47 bits per heavy atom. The Kier molecular flexibility index (Phi) is 10.3. The number of likely N-dealkylation sites (tertiary alicyclic amines) is 1. The van der Waals surface area contributed by atoms with Gasteiger partial charge in [0.2, 0.25) is 0 Å². The number of morpholine rings is 1. The van der Waals surface area contributed by atoms with Gasteiger partial charge in [0.1, 0.15) is 11.8 Å². The van der Waals surface area contributed by atoms with E-state index < -0.39 is 0 Å². The van der Waals surface area contributed by atoms with Crippen LogP contribution in [0.2, 0.25) is 0 Å². The number of ether oxygens (including phenoxy) is 1. The lowest BCUT2D eigenvalue weighted by Gasteiger charge is -2.47. The topological polar surface area (TPSA) is 143 Å². The number of carboxylic acid groups (broad SMARTS) is 2. The fourth-order valence-corrected chi connectivity index (χ4v) is 4.05. The zero-order valence-corrected chi connectivity index (χ0v) is 17.9. The zero-order chi connectivity index (χ0) is 23.2. The van der Waals surface area contributed by atoms with E-state index in [9.17, 15) is 0 Å². The van der Waals surface area contributed by atoms with E-state index in [1.54, 1.807) is 0 Å². The molecule has 0 unspecified atom stereocenters. The van der Waals surface area contributed by atoms with Crippen molar-refractivity contribution in [1.29, 1.82) is 5.26 Å². The maximum atomic E-state index is 8.96. The van der Waals surface area contributed by atoms with Crippen LogP contribution >= 0.6 is 0 Å². The molecule has 0 atom stereocenters. The van der Waals surface area contributed by atoms with E-state index in [2.05, 4.69) is 38.0 Å². The van der Waals surface area contributed by atoms with Crippen LogP contribution in [-0.4, -0.2) is 81.3 Å². The molecule has 172 valence electrons. The molecule has 4 rings (SSSR count). The van der Waals surface area contributed by atoms with Gasteiger partial charge in [-0.2, -0.15) is 5.26 Å². The normalized spacial score (nSPS) is 17.7. The van der Waals surface area contributed by atoms with Gasteiger partial charge in [-0.05, 0) is 36.6 Å². The molecule has 2 saturated heterocycles. The fourth-order valence-electron chi connectivity index (χ4n) is 4.05. The average molecular weight is 444 g/mol. The van der Waals surface area contributed by atoms with Crippen molar-refractivity contribution >= 4 is 12.9 Å². The second kappa shape index (κ2) is 13.2. The molecule has 2 aromatic heterocycles. The molecule has 2 fully saturated rings. The average Bonchev–Trinajstić information content (AvgIpc) is 3.25. The SMILES string of the molecule is N#Cc1cc(CN2CCOC3(CCN(Cc4ccccn4)CC3)C2)c[nH]1.O=CO.O=CO. The number of nitrogens with one attached hydrogen (secondary N) is 1. The summed E-state index contributed by atoms with van der Waals surface area (Å²) < 4.78 is 6.26. The molecular formula is C22H29N5O5. The maximum absolute atomic E-state index is 8.96. The van der Waals surface area contributed by atoms with Gasteiger partial charge in [-0.25, -0.2) is 0 Å². The third kappa shape index (κ3) is 7.77. The lowest BCUT2D eigenvalue weighted by molar-refractivity contribution is -0.138. The van der Waals surface area contributed by atoms with Crippen LogP contribution in [0.4, 0.5) is 0 Å².